The van der Waals surface area contributed by atoms with Crippen molar-refractivity contribution in [1.29, 1.82) is 0 Å². The van der Waals surface area contributed by atoms with Gasteiger partial charge in [0.2, 0.25) is 0 Å². The zero-order valence-corrected chi connectivity index (χ0v) is 11.1. The molecule has 18 heavy (non-hydrogen) atoms. The molecule has 2 aromatic carbocycles. The van der Waals surface area contributed by atoms with Crippen molar-refractivity contribution in [2.45, 2.75) is 0 Å². The van der Waals surface area contributed by atoms with Crippen molar-refractivity contribution in [2.24, 2.45) is 0 Å². The molecule has 1 radical (unpaired) electrons. The lowest BCUT2D eigenvalue weighted by Crippen LogP contribution is -2.03. The van der Waals surface area contributed by atoms with Crippen LogP contribution in [0.4, 0.5) is 17.6 Å². The van der Waals surface area contributed by atoms with Gasteiger partial charge in [-0.05, 0) is 40.6 Å². The molecule has 2 rings (SSSR count). The molecule has 0 fully saturated rings. The molecule has 0 aromatic heterocycles. The molecule has 0 amide bonds. The number of rotatable bonds is 1. The summed E-state index contributed by atoms with van der Waals surface area (Å²) >= 11 is 1.22. The number of halogens is 5. The van der Waals surface area contributed by atoms with Crippen LogP contribution in [0.2, 0.25) is 0 Å². The summed E-state index contributed by atoms with van der Waals surface area (Å²) in [4.78, 5) is 0. The number of hydrogen-bond acceptors (Lipinski definition) is 0. The maximum absolute atomic E-state index is 13.7. The Hall–Kier alpha value is -1.11. The van der Waals surface area contributed by atoms with Crippen molar-refractivity contribution >= 4 is 22.6 Å². The fourth-order valence-corrected chi connectivity index (χ4v) is 2.06. The molecule has 0 aliphatic heterocycles. The third-order valence-electron chi connectivity index (χ3n) is 2.43. The first-order valence-corrected chi connectivity index (χ1v) is 5.95. The highest BCUT2D eigenvalue weighted by Crippen LogP contribution is 2.32. The molecule has 0 spiro atoms. The molecule has 2 aromatic rings. The quantitative estimate of drug-likeness (QED) is 0.298. The van der Waals surface area contributed by atoms with Crippen LogP contribution in [0.25, 0.3) is 11.1 Å². The second kappa shape index (κ2) is 4.87. The van der Waals surface area contributed by atoms with Crippen molar-refractivity contribution in [3.05, 3.63) is 63.6 Å². The number of hydrogen-bond donors (Lipinski definition) is 0. The van der Waals surface area contributed by atoms with E-state index in [9.17, 15) is 17.6 Å². The Labute approximate surface area is 115 Å². The SMILES string of the molecule is [CH2]c1cccc(-c2c(F)c(F)c(I)c(F)c2F)c1. The zero-order valence-electron chi connectivity index (χ0n) is 8.91. The van der Waals surface area contributed by atoms with E-state index in [1.807, 2.05) is 0 Å². The second-order valence-corrected chi connectivity index (χ2v) is 4.72. The molecule has 5 heteroatoms. The molecule has 93 valence electrons. The molecule has 0 unspecified atom stereocenters. The molecule has 0 N–H and O–H groups in total. The van der Waals surface area contributed by atoms with Crippen LogP contribution in [0, 0.1) is 33.8 Å². The molecule has 0 nitrogen and oxygen atoms in total. The fourth-order valence-electron chi connectivity index (χ4n) is 1.59. The monoisotopic (exact) mass is 365 g/mol. The van der Waals surface area contributed by atoms with E-state index >= 15 is 0 Å². The van der Waals surface area contributed by atoms with Crippen LogP contribution in [-0.2, 0) is 0 Å². The number of benzene rings is 2. The van der Waals surface area contributed by atoms with Crippen LogP contribution < -0.4 is 0 Å². The van der Waals surface area contributed by atoms with E-state index in [2.05, 4.69) is 6.92 Å². The van der Waals surface area contributed by atoms with Gasteiger partial charge in [0.25, 0.3) is 0 Å². The molecule has 0 saturated heterocycles. The summed E-state index contributed by atoms with van der Waals surface area (Å²) < 4.78 is 53.6. The first-order chi connectivity index (χ1) is 8.43. The van der Waals surface area contributed by atoms with Crippen LogP contribution in [0.1, 0.15) is 5.56 Å². The minimum absolute atomic E-state index is 0.0479. The summed E-state index contributed by atoms with van der Waals surface area (Å²) in [5, 5.41) is 0. The van der Waals surface area contributed by atoms with Gasteiger partial charge in [-0.2, -0.15) is 0 Å². The van der Waals surface area contributed by atoms with E-state index in [1.54, 1.807) is 6.07 Å². The van der Waals surface area contributed by atoms with Crippen LogP contribution >= 0.6 is 22.6 Å². The van der Waals surface area contributed by atoms with Gasteiger partial charge < -0.3 is 0 Å². The van der Waals surface area contributed by atoms with Crippen molar-refractivity contribution < 1.29 is 17.6 Å². The molecule has 0 aliphatic carbocycles. The lowest BCUT2D eigenvalue weighted by atomic mass is 10.0. The molecule has 0 atom stereocenters. The lowest BCUT2D eigenvalue weighted by molar-refractivity contribution is 0.450. The predicted molar refractivity (Wildman–Crippen MR) is 68.9 cm³/mol. The van der Waals surface area contributed by atoms with Gasteiger partial charge in [-0.25, -0.2) is 17.6 Å². The van der Waals surface area contributed by atoms with Gasteiger partial charge in [-0.15, -0.1) is 0 Å². The Morgan fingerprint density at radius 3 is 1.94 bits per heavy atom. The van der Waals surface area contributed by atoms with Crippen molar-refractivity contribution in [1.82, 2.24) is 0 Å². The summed E-state index contributed by atoms with van der Waals surface area (Å²) in [6, 6.07) is 5.83. The second-order valence-electron chi connectivity index (χ2n) is 3.65. The van der Waals surface area contributed by atoms with Gasteiger partial charge >= 0.3 is 0 Å². The van der Waals surface area contributed by atoms with E-state index < -0.39 is 32.4 Å². The van der Waals surface area contributed by atoms with Gasteiger partial charge in [-0.3, -0.25) is 0 Å². The third kappa shape index (κ3) is 2.11. The minimum atomic E-state index is -1.40. The summed E-state index contributed by atoms with van der Waals surface area (Å²) in [5.41, 5.74) is -0.173. The molecule has 0 heterocycles. The Morgan fingerprint density at radius 2 is 1.44 bits per heavy atom. The maximum Gasteiger partial charge on any atom is 0.175 e. The van der Waals surface area contributed by atoms with Crippen molar-refractivity contribution in [2.75, 3.05) is 0 Å². The lowest BCUT2D eigenvalue weighted by Gasteiger charge is -2.09. The van der Waals surface area contributed by atoms with Crippen LogP contribution in [0.5, 0.6) is 0 Å². The first kappa shape index (κ1) is 13.3. The highest BCUT2D eigenvalue weighted by Gasteiger charge is 2.24. The molecule has 0 bridgehead atoms. The smallest absolute Gasteiger partial charge is 0.175 e. The standard InChI is InChI=1S/C13H6F4I/c1-6-3-2-4-7(5-6)8-9(14)11(16)13(18)12(17)10(8)15/h2-5H,1H2. The van der Waals surface area contributed by atoms with Crippen molar-refractivity contribution in [3.8, 4) is 11.1 Å². The Bertz CT molecular complexity index is 594. The van der Waals surface area contributed by atoms with E-state index in [-0.39, 0.29) is 5.56 Å². The zero-order chi connectivity index (χ0) is 13.4. The van der Waals surface area contributed by atoms with Crippen molar-refractivity contribution in [3.63, 3.8) is 0 Å². The van der Waals surface area contributed by atoms with Gasteiger partial charge in [0.15, 0.2) is 23.3 Å². The Kier molecular flexibility index (Phi) is 3.61. The summed E-state index contributed by atoms with van der Waals surface area (Å²) in [7, 11) is 0. The predicted octanol–water partition coefficient (Wildman–Crippen LogP) is 4.70. The highest BCUT2D eigenvalue weighted by atomic mass is 127. The molecular weight excluding hydrogens is 359 g/mol. The topological polar surface area (TPSA) is 0 Å². The third-order valence-corrected chi connectivity index (χ3v) is 3.37. The summed E-state index contributed by atoms with van der Waals surface area (Å²) in [6.07, 6.45) is 0. The minimum Gasteiger partial charge on any atom is -0.203 e. The summed E-state index contributed by atoms with van der Waals surface area (Å²) in [5.74, 6) is -5.58. The van der Waals surface area contributed by atoms with E-state index in [0.29, 0.717) is 5.56 Å². The fraction of sp³-hybridized carbons (Fsp3) is 0. The van der Waals surface area contributed by atoms with E-state index in [0.717, 1.165) is 0 Å². The van der Waals surface area contributed by atoms with E-state index in [1.165, 1.54) is 40.8 Å². The largest absolute Gasteiger partial charge is 0.203 e. The van der Waals surface area contributed by atoms with Gasteiger partial charge in [0, 0.05) is 0 Å². The molecular formula is C13H6F4I. The molecule has 0 aliphatic rings. The first-order valence-electron chi connectivity index (χ1n) is 4.87. The van der Waals surface area contributed by atoms with Crippen LogP contribution in [0.15, 0.2) is 24.3 Å². The van der Waals surface area contributed by atoms with E-state index in [4.69, 9.17) is 0 Å². The molecule has 0 saturated carbocycles. The summed E-state index contributed by atoms with van der Waals surface area (Å²) in [6.45, 7) is 3.59. The average molecular weight is 365 g/mol. The van der Waals surface area contributed by atoms with Gasteiger partial charge in [-0.1, -0.05) is 24.3 Å². The highest BCUT2D eigenvalue weighted by molar-refractivity contribution is 14.1. The Balaban J connectivity index is 2.80. The van der Waals surface area contributed by atoms with Crippen LogP contribution in [0.3, 0.4) is 0 Å². The van der Waals surface area contributed by atoms with Gasteiger partial charge in [0.05, 0.1) is 9.13 Å². The normalized spacial score (nSPS) is 10.8. The Morgan fingerprint density at radius 1 is 0.889 bits per heavy atom. The van der Waals surface area contributed by atoms with Gasteiger partial charge in [0.1, 0.15) is 0 Å². The maximum atomic E-state index is 13.7. The average Bonchev–Trinajstić information content (AvgIpc) is 2.34. The van der Waals surface area contributed by atoms with Crippen LogP contribution in [-0.4, -0.2) is 0 Å².